The van der Waals surface area contributed by atoms with Crippen LogP contribution in [0.2, 0.25) is 5.02 Å². The second-order valence-corrected chi connectivity index (χ2v) is 6.02. The fraction of sp³-hybridized carbons (Fsp3) is 0.200. The zero-order valence-corrected chi connectivity index (χ0v) is 14.6. The van der Waals surface area contributed by atoms with Crippen LogP contribution in [0.3, 0.4) is 0 Å². The van der Waals surface area contributed by atoms with Crippen LogP contribution < -0.4 is 0 Å². The summed E-state index contributed by atoms with van der Waals surface area (Å²) in [5.74, 6) is -1.72. The zero-order chi connectivity index (χ0) is 21.6. The number of pyridine rings is 1. The summed E-state index contributed by atoms with van der Waals surface area (Å²) in [6.45, 7) is -0.934. The summed E-state index contributed by atoms with van der Waals surface area (Å²) >= 11 is 5.94. The first-order valence-electron chi connectivity index (χ1n) is 7.53. The van der Waals surface area contributed by atoms with Crippen LogP contribution in [0.5, 0.6) is 0 Å². The lowest BCUT2D eigenvalue weighted by Gasteiger charge is -2.10. The summed E-state index contributed by atoms with van der Waals surface area (Å²) in [7, 11) is 0. The van der Waals surface area contributed by atoms with Crippen molar-refractivity contribution >= 4 is 17.6 Å². The van der Waals surface area contributed by atoms with Crippen LogP contribution in [-0.2, 0) is 18.9 Å². The summed E-state index contributed by atoms with van der Waals surface area (Å²) in [4.78, 5) is 15.5. The van der Waals surface area contributed by atoms with Crippen molar-refractivity contribution in [3.8, 4) is 5.82 Å². The third-order valence-electron chi connectivity index (χ3n) is 3.67. The van der Waals surface area contributed by atoms with E-state index in [4.69, 9.17) is 11.6 Å². The van der Waals surface area contributed by atoms with Gasteiger partial charge in [-0.2, -0.15) is 36.5 Å². The summed E-state index contributed by atoms with van der Waals surface area (Å²) < 4.78 is 78.6. The molecule has 0 aromatic carbocycles. The summed E-state index contributed by atoms with van der Waals surface area (Å²) in [6.07, 6.45) is -8.10. The molecule has 0 fully saturated rings. The van der Waals surface area contributed by atoms with Crippen LogP contribution in [-0.4, -0.2) is 35.6 Å². The number of hydrogen-bond acceptors (Lipinski definition) is 4. The van der Waals surface area contributed by atoms with Crippen LogP contribution in [0.1, 0.15) is 27.4 Å². The monoisotopic (exact) mass is 439 g/mol. The van der Waals surface area contributed by atoms with E-state index in [2.05, 4.69) is 15.2 Å². The molecule has 154 valence electrons. The Balaban J connectivity index is 2.12. The van der Waals surface area contributed by atoms with Gasteiger partial charge in [-0.1, -0.05) is 11.6 Å². The van der Waals surface area contributed by atoms with E-state index < -0.39 is 41.9 Å². The maximum Gasteiger partial charge on any atom is 0.435 e. The molecule has 0 bridgehead atoms. The maximum absolute atomic E-state index is 13.1. The second-order valence-electron chi connectivity index (χ2n) is 5.61. The number of carboxylic acids is 1. The Labute approximate surface area is 162 Å². The molecule has 7 nitrogen and oxygen atoms in total. The highest BCUT2D eigenvalue weighted by Crippen LogP contribution is 2.35. The number of carboxylic acid groups (broad SMARTS) is 1. The normalized spacial score (nSPS) is 12.4. The van der Waals surface area contributed by atoms with Crippen molar-refractivity contribution in [1.29, 1.82) is 0 Å². The average molecular weight is 440 g/mol. The van der Waals surface area contributed by atoms with Gasteiger partial charge in [-0.05, 0) is 12.1 Å². The first-order chi connectivity index (χ1) is 13.4. The van der Waals surface area contributed by atoms with E-state index in [-0.39, 0.29) is 27.2 Å². The van der Waals surface area contributed by atoms with Gasteiger partial charge in [-0.25, -0.2) is 14.5 Å². The van der Waals surface area contributed by atoms with Crippen LogP contribution in [0.25, 0.3) is 5.82 Å². The minimum absolute atomic E-state index is 0.000854. The van der Waals surface area contributed by atoms with Crippen molar-refractivity contribution in [2.45, 2.75) is 18.9 Å². The average Bonchev–Trinajstić information content (AvgIpc) is 3.19. The molecule has 0 atom stereocenters. The Hall–Kier alpha value is -3.09. The predicted octanol–water partition coefficient (Wildman–Crippen LogP) is 3.90. The Morgan fingerprint density at radius 1 is 1.17 bits per heavy atom. The van der Waals surface area contributed by atoms with E-state index in [0.29, 0.717) is 0 Å². The van der Waals surface area contributed by atoms with Crippen molar-refractivity contribution < 1.29 is 36.2 Å². The maximum atomic E-state index is 13.1. The number of aromatic nitrogens is 5. The molecule has 0 aliphatic rings. The highest BCUT2D eigenvalue weighted by atomic mass is 35.5. The summed E-state index contributed by atoms with van der Waals surface area (Å²) in [6, 6.07) is 2.68. The summed E-state index contributed by atoms with van der Waals surface area (Å²) in [5.41, 5.74) is -4.41. The van der Waals surface area contributed by atoms with E-state index >= 15 is 0 Å². The number of carbonyl (C=O) groups is 1. The Bertz CT molecular complexity index is 1070. The van der Waals surface area contributed by atoms with Gasteiger partial charge in [0, 0.05) is 17.8 Å². The topological polar surface area (TPSA) is 85.8 Å². The van der Waals surface area contributed by atoms with E-state index in [1.54, 1.807) is 0 Å². The van der Waals surface area contributed by atoms with Gasteiger partial charge in [0.1, 0.15) is 5.69 Å². The van der Waals surface area contributed by atoms with Gasteiger partial charge in [0.2, 0.25) is 0 Å². The lowest BCUT2D eigenvalue weighted by Crippen LogP contribution is -2.18. The molecule has 14 heteroatoms. The minimum Gasteiger partial charge on any atom is -0.476 e. The van der Waals surface area contributed by atoms with Crippen LogP contribution in [0.15, 0.2) is 30.6 Å². The van der Waals surface area contributed by atoms with Gasteiger partial charge in [0.15, 0.2) is 17.2 Å². The molecule has 3 rings (SSSR count). The van der Waals surface area contributed by atoms with E-state index in [9.17, 15) is 36.2 Å². The minimum atomic E-state index is -5.15. The third kappa shape index (κ3) is 4.04. The van der Waals surface area contributed by atoms with Crippen molar-refractivity contribution in [2.24, 2.45) is 0 Å². The van der Waals surface area contributed by atoms with E-state index in [1.165, 1.54) is 18.3 Å². The number of rotatable bonds is 4. The quantitative estimate of drug-likeness (QED) is 0.623. The standard InChI is InChI=1S/C15H8ClF6N5O2/c16-8-2-1-3-23-12(8)27-11(13(28)29)7(5-24-27)6-26-10(15(20,21)22)4-9(25-26)14(17,18)19/h1-5H,6H2,(H,28,29). The molecule has 3 aromatic heterocycles. The van der Waals surface area contributed by atoms with Crippen molar-refractivity contribution in [3.63, 3.8) is 0 Å². The lowest BCUT2D eigenvalue weighted by molar-refractivity contribution is -0.144. The van der Waals surface area contributed by atoms with Crippen molar-refractivity contribution in [1.82, 2.24) is 24.5 Å². The van der Waals surface area contributed by atoms with Crippen molar-refractivity contribution in [2.75, 3.05) is 0 Å². The van der Waals surface area contributed by atoms with Crippen LogP contribution >= 0.6 is 11.6 Å². The molecular formula is C15H8ClF6N5O2. The zero-order valence-electron chi connectivity index (χ0n) is 13.8. The molecule has 0 spiro atoms. The predicted molar refractivity (Wildman–Crippen MR) is 84.7 cm³/mol. The molecule has 29 heavy (non-hydrogen) atoms. The highest BCUT2D eigenvalue weighted by molar-refractivity contribution is 6.32. The molecule has 1 N–H and O–H groups in total. The smallest absolute Gasteiger partial charge is 0.435 e. The Morgan fingerprint density at radius 3 is 2.41 bits per heavy atom. The SMILES string of the molecule is O=C(O)c1c(Cn2nc(C(F)(F)F)cc2C(F)(F)F)cnn1-c1ncccc1Cl. The van der Waals surface area contributed by atoms with Crippen molar-refractivity contribution in [3.05, 3.63) is 58.3 Å². The number of aromatic carboxylic acids is 1. The fourth-order valence-electron chi connectivity index (χ4n) is 2.49. The third-order valence-corrected chi connectivity index (χ3v) is 3.96. The van der Waals surface area contributed by atoms with Gasteiger partial charge >= 0.3 is 18.3 Å². The summed E-state index contributed by atoms with van der Waals surface area (Å²) in [5, 5.41) is 16.2. The van der Waals surface area contributed by atoms with Gasteiger partial charge in [-0.15, -0.1) is 0 Å². The van der Waals surface area contributed by atoms with Crippen LogP contribution in [0.4, 0.5) is 26.3 Å². The molecule has 3 heterocycles. The molecular weight excluding hydrogens is 432 g/mol. The van der Waals surface area contributed by atoms with E-state index in [0.717, 1.165) is 10.9 Å². The molecule has 3 aromatic rings. The van der Waals surface area contributed by atoms with Gasteiger partial charge in [0.25, 0.3) is 0 Å². The number of nitrogens with zero attached hydrogens (tertiary/aromatic N) is 5. The highest BCUT2D eigenvalue weighted by Gasteiger charge is 2.42. The largest absolute Gasteiger partial charge is 0.476 e. The van der Waals surface area contributed by atoms with Crippen LogP contribution in [0, 0.1) is 0 Å². The molecule has 0 saturated carbocycles. The Kier molecular flexibility index (Phi) is 5.03. The van der Waals surface area contributed by atoms with E-state index in [1.807, 2.05) is 0 Å². The molecule has 0 saturated heterocycles. The Morgan fingerprint density at radius 2 is 1.86 bits per heavy atom. The first kappa shape index (κ1) is 20.6. The number of alkyl halides is 6. The van der Waals surface area contributed by atoms with Gasteiger partial charge in [-0.3, -0.25) is 4.68 Å². The molecule has 0 aliphatic heterocycles. The lowest BCUT2D eigenvalue weighted by atomic mass is 10.2. The number of hydrogen-bond donors (Lipinski definition) is 1. The van der Waals surface area contributed by atoms with Gasteiger partial charge < -0.3 is 5.11 Å². The molecule has 0 radical (unpaired) electrons. The van der Waals surface area contributed by atoms with Gasteiger partial charge in [0.05, 0.1) is 17.8 Å². The first-order valence-corrected chi connectivity index (χ1v) is 7.90. The second kappa shape index (κ2) is 7.06. The fourth-order valence-corrected chi connectivity index (χ4v) is 2.69. The number of halogens is 7. The molecule has 0 amide bonds. The molecule has 0 aliphatic carbocycles. The molecule has 0 unspecified atom stereocenters.